The van der Waals surface area contributed by atoms with Crippen LogP contribution in [0.2, 0.25) is 0 Å². The average Bonchev–Trinajstić information content (AvgIpc) is 2.77. The lowest BCUT2D eigenvalue weighted by Gasteiger charge is -2.02. The van der Waals surface area contributed by atoms with Crippen LogP contribution < -0.4 is 4.74 Å². The monoisotopic (exact) mass is 222 g/mol. The number of nitrogens with one attached hydrogen (secondary N) is 1. The molecule has 1 heterocycles. The number of hydrogen-bond donors (Lipinski definition) is 2. The summed E-state index contributed by atoms with van der Waals surface area (Å²) in [6.45, 7) is -0.119. The van der Waals surface area contributed by atoms with E-state index in [0.717, 1.165) is 0 Å². The number of ether oxygens (including phenoxy) is 1. The van der Waals surface area contributed by atoms with Crippen LogP contribution in [0.1, 0.15) is 5.69 Å². The number of halogens is 1. The van der Waals surface area contributed by atoms with Crippen LogP contribution in [0.25, 0.3) is 11.3 Å². The maximum absolute atomic E-state index is 13.4. The van der Waals surface area contributed by atoms with Gasteiger partial charge in [0.25, 0.3) is 0 Å². The Labute approximate surface area is 91.7 Å². The molecule has 4 nitrogen and oxygen atoms in total. The van der Waals surface area contributed by atoms with Crippen LogP contribution in [0.5, 0.6) is 5.75 Å². The summed E-state index contributed by atoms with van der Waals surface area (Å²) in [4.78, 5) is 0. The highest BCUT2D eigenvalue weighted by atomic mass is 19.1. The van der Waals surface area contributed by atoms with Gasteiger partial charge in [-0.05, 0) is 24.3 Å². The first kappa shape index (κ1) is 10.6. The zero-order valence-electron chi connectivity index (χ0n) is 8.70. The first-order chi connectivity index (χ1) is 7.74. The lowest BCUT2D eigenvalue weighted by molar-refractivity contribution is 0.276. The predicted octanol–water partition coefficient (Wildman–Crippen LogP) is 1.72. The standard InChI is InChI=1S/C11H11FN2O2/c1-16-11-3-2-7(4-9(11)12)10-5-8(6-15)13-14-10/h2-5,15H,6H2,1H3,(H,13,14). The Balaban J connectivity index is 2.37. The second-order valence-corrected chi connectivity index (χ2v) is 3.29. The second kappa shape index (κ2) is 4.32. The van der Waals surface area contributed by atoms with Crippen molar-refractivity contribution in [1.29, 1.82) is 0 Å². The quantitative estimate of drug-likeness (QED) is 0.831. The van der Waals surface area contributed by atoms with E-state index in [9.17, 15) is 4.39 Å². The van der Waals surface area contributed by atoms with E-state index in [1.54, 1.807) is 12.1 Å². The Bertz CT molecular complexity index is 496. The number of H-pyrrole nitrogens is 1. The van der Waals surface area contributed by atoms with Gasteiger partial charge in [-0.2, -0.15) is 5.10 Å². The molecule has 0 bridgehead atoms. The smallest absolute Gasteiger partial charge is 0.165 e. The number of aliphatic hydroxyl groups excluding tert-OH is 1. The molecule has 0 saturated heterocycles. The van der Waals surface area contributed by atoms with Crippen LogP contribution in [0, 0.1) is 5.82 Å². The molecule has 2 rings (SSSR count). The lowest BCUT2D eigenvalue weighted by atomic mass is 10.1. The first-order valence-electron chi connectivity index (χ1n) is 4.73. The van der Waals surface area contributed by atoms with Crippen LogP contribution in [-0.4, -0.2) is 22.4 Å². The van der Waals surface area contributed by atoms with Gasteiger partial charge in [-0.25, -0.2) is 4.39 Å². The molecule has 0 spiro atoms. The Hall–Kier alpha value is -1.88. The molecule has 16 heavy (non-hydrogen) atoms. The number of aliphatic hydroxyl groups is 1. The molecule has 0 saturated carbocycles. The van der Waals surface area contributed by atoms with Gasteiger partial charge < -0.3 is 9.84 Å². The second-order valence-electron chi connectivity index (χ2n) is 3.29. The van der Waals surface area contributed by atoms with Gasteiger partial charge in [0.2, 0.25) is 0 Å². The molecular formula is C11H11FN2O2. The number of aromatic nitrogens is 2. The third kappa shape index (κ3) is 1.90. The number of aromatic amines is 1. The highest BCUT2D eigenvalue weighted by Gasteiger charge is 2.07. The van der Waals surface area contributed by atoms with E-state index >= 15 is 0 Å². The Kier molecular flexibility index (Phi) is 2.87. The van der Waals surface area contributed by atoms with Crippen molar-refractivity contribution in [3.05, 3.63) is 35.8 Å². The summed E-state index contributed by atoms with van der Waals surface area (Å²) in [5.74, 6) is -0.241. The van der Waals surface area contributed by atoms with E-state index in [1.807, 2.05) is 0 Å². The zero-order valence-corrected chi connectivity index (χ0v) is 8.70. The lowest BCUT2D eigenvalue weighted by Crippen LogP contribution is -1.88. The third-order valence-corrected chi connectivity index (χ3v) is 2.25. The van der Waals surface area contributed by atoms with Crippen LogP contribution in [-0.2, 0) is 6.61 Å². The predicted molar refractivity (Wildman–Crippen MR) is 56.5 cm³/mol. The molecule has 0 aliphatic rings. The molecule has 84 valence electrons. The molecule has 1 aromatic heterocycles. The minimum Gasteiger partial charge on any atom is -0.494 e. The molecule has 2 N–H and O–H groups in total. The van der Waals surface area contributed by atoms with Gasteiger partial charge >= 0.3 is 0 Å². The summed E-state index contributed by atoms with van der Waals surface area (Å²) in [5.41, 5.74) is 1.81. The van der Waals surface area contributed by atoms with Gasteiger partial charge in [-0.3, -0.25) is 5.10 Å². The van der Waals surface area contributed by atoms with Crippen molar-refractivity contribution in [1.82, 2.24) is 10.2 Å². The summed E-state index contributed by atoms with van der Waals surface area (Å²) >= 11 is 0. The highest BCUT2D eigenvalue weighted by molar-refractivity contribution is 5.60. The molecule has 5 heteroatoms. The third-order valence-electron chi connectivity index (χ3n) is 2.25. The fraction of sp³-hybridized carbons (Fsp3) is 0.182. The summed E-state index contributed by atoms with van der Waals surface area (Å²) in [6.07, 6.45) is 0. The molecule has 0 aliphatic heterocycles. The van der Waals surface area contributed by atoms with Crippen molar-refractivity contribution in [2.75, 3.05) is 7.11 Å². The topological polar surface area (TPSA) is 58.1 Å². The van der Waals surface area contributed by atoms with Gasteiger partial charge in [0, 0.05) is 5.56 Å². The fourth-order valence-electron chi connectivity index (χ4n) is 1.42. The number of nitrogens with zero attached hydrogens (tertiary/aromatic N) is 1. The normalized spacial score (nSPS) is 10.4. The summed E-state index contributed by atoms with van der Waals surface area (Å²) in [5, 5.41) is 15.5. The van der Waals surface area contributed by atoms with Gasteiger partial charge in [0.1, 0.15) is 0 Å². The van der Waals surface area contributed by atoms with E-state index in [4.69, 9.17) is 9.84 Å². The molecule has 1 aromatic carbocycles. The molecule has 0 unspecified atom stereocenters. The highest BCUT2D eigenvalue weighted by Crippen LogP contribution is 2.24. The van der Waals surface area contributed by atoms with Gasteiger partial charge in [-0.1, -0.05) is 0 Å². The molecule has 0 radical (unpaired) electrons. The number of rotatable bonds is 3. The van der Waals surface area contributed by atoms with E-state index < -0.39 is 5.82 Å². The summed E-state index contributed by atoms with van der Waals surface area (Å²) < 4.78 is 18.2. The van der Waals surface area contributed by atoms with E-state index in [1.165, 1.54) is 19.2 Å². The van der Waals surface area contributed by atoms with E-state index in [0.29, 0.717) is 17.0 Å². The Morgan fingerprint density at radius 1 is 1.44 bits per heavy atom. The van der Waals surface area contributed by atoms with Crippen LogP contribution in [0.4, 0.5) is 4.39 Å². The van der Waals surface area contributed by atoms with Crippen molar-refractivity contribution in [2.45, 2.75) is 6.61 Å². The van der Waals surface area contributed by atoms with Gasteiger partial charge in [0.15, 0.2) is 11.6 Å². The fourth-order valence-corrected chi connectivity index (χ4v) is 1.42. The van der Waals surface area contributed by atoms with E-state index in [-0.39, 0.29) is 12.4 Å². The van der Waals surface area contributed by atoms with Crippen molar-refractivity contribution in [3.63, 3.8) is 0 Å². The van der Waals surface area contributed by atoms with Crippen molar-refractivity contribution in [2.24, 2.45) is 0 Å². The molecule has 0 aliphatic carbocycles. The number of methoxy groups -OCH3 is 1. The first-order valence-corrected chi connectivity index (χ1v) is 4.73. The molecular weight excluding hydrogens is 211 g/mol. The minimum absolute atomic E-state index is 0.119. The SMILES string of the molecule is COc1ccc(-c2cc(CO)[nH]n2)cc1F. The van der Waals surface area contributed by atoms with Gasteiger partial charge in [0.05, 0.1) is 25.1 Å². The van der Waals surface area contributed by atoms with E-state index in [2.05, 4.69) is 10.2 Å². The maximum Gasteiger partial charge on any atom is 0.165 e. The maximum atomic E-state index is 13.4. The van der Waals surface area contributed by atoms with Crippen molar-refractivity contribution in [3.8, 4) is 17.0 Å². The summed E-state index contributed by atoms with van der Waals surface area (Å²) in [6, 6.07) is 6.26. The minimum atomic E-state index is -0.437. The summed E-state index contributed by atoms with van der Waals surface area (Å²) in [7, 11) is 1.41. The van der Waals surface area contributed by atoms with Crippen LogP contribution >= 0.6 is 0 Å². The molecule has 2 aromatic rings. The van der Waals surface area contributed by atoms with Gasteiger partial charge in [-0.15, -0.1) is 0 Å². The van der Waals surface area contributed by atoms with Crippen LogP contribution in [0.3, 0.4) is 0 Å². The number of hydrogen-bond acceptors (Lipinski definition) is 3. The molecule has 0 amide bonds. The molecule has 0 atom stereocenters. The van der Waals surface area contributed by atoms with Crippen molar-refractivity contribution >= 4 is 0 Å². The number of benzene rings is 1. The van der Waals surface area contributed by atoms with Crippen LogP contribution in [0.15, 0.2) is 24.3 Å². The zero-order chi connectivity index (χ0) is 11.5. The average molecular weight is 222 g/mol. The largest absolute Gasteiger partial charge is 0.494 e. The van der Waals surface area contributed by atoms with Crippen molar-refractivity contribution < 1.29 is 14.2 Å². The Morgan fingerprint density at radius 2 is 2.25 bits per heavy atom. The molecule has 0 fully saturated rings. The Morgan fingerprint density at radius 3 is 2.81 bits per heavy atom.